The Bertz CT molecular complexity index is 1040. The van der Waals surface area contributed by atoms with Crippen LogP contribution < -0.4 is 14.8 Å². The summed E-state index contributed by atoms with van der Waals surface area (Å²) in [6.45, 7) is 1.76. The molecular weight excluding hydrogens is 364 g/mol. The van der Waals surface area contributed by atoms with Gasteiger partial charge in [0.1, 0.15) is 12.1 Å². The van der Waals surface area contributed by atoms with Crippen molar-refractivity contribution >= 4 is 17.6 Å². The van der Waals surface area contributed by atoms with Crippen LogP contribution in [0.15, 0.2) is 30.6 Å². The first kappa shape index (κ1) is 16.9. The molecule has 0 saturated heterocycles. The van der Waals surface area contributed by atoms with E-state index in [0.29, 0.717) is 22.9 Å². The van der Waals surface area contributed by atoms with E-state index in [1.54, 1.807) is 13.0 Å². The fraction of sp³-hybridized carbons (Fsp3) is 0.250. The van der Waals surface area contributed by atoms with Crippen molar-refractivity contribution < 1.29 is 27.8 Å². The van der Waals surface area contributed by atoms with Gasteiger partial charge in [-0.25, -0.2) is 9.78 Å². The van der Waals surface area contributed by atoms with Crippen molar-refractivity contribution in [3.8, 4) is 11.5 Å². The number of nitrogens with zero attached hydrogens (tertiary/aromatic N) is 4. The predicted molar refractivity (Wildman–Crippen MR) is 86.5 cm³/mol. The number of ether oxygens (including phenoxy) is 3. The van der Waals surface area contributed by atoms with Crippen LogP contribution in [0, 0.1) is 6.92 Å². The fourth-order valence-electron chi connectivity index (χ4n) is 2.72. The SMILES string of the molecule is COC(=O)C(Nc1cc(C)nc2ncnn12)c1ccc2c(c1)OC(F)(F)O2. The van der Waals surface area contributed by atoms with Crippen molar-refractivity contribution in [1.82, 2.24) is 19.6 Å². The summed E-state index contributed by atoms with van der Waals surface area (Å²) < 4.78 is 41.6. The van der Waals surface area contributed by atoms with E-state index >= 15 is 0 Å². The van der Waals surface area contributed by atoms with Gasteiger partial charge in [-0.2, -0.15) is 14.6 Å². The van der Waals surface area contributed by atoms with Crippen molar-refractivity contribution in [2.24, 2.45) is 0 Å². The lowest BCUT2D eigenvalue weighted by molar-refractivity contribution is -0.286. The topological polar surface area (TPSA) is 99.9 Å². The summed E-state index contributed by atoms with van der Waals surface area (Å²) in [5, 5.41) is 7.04. The van der Waals surface area contributed by atoms with Gasteiger partial charge in [-0.3, -0.25) is 0 Å². The van der Waals surface area contributed by atoms with E-state index in [1.165, 1.54) is 36.2 Å². The molecule has 1 aliphatic rings. The maximum atomic E-state index is 13.2. The molecule has 0 fully saturated rings. The van der Waals surface area contributed by atoms with Crippen LogP contribution in [0.4, 0.5) is 14.6 Å². The Morgan fingerprint density at radius 1 is 1.30 bits per heavy atom. The number of rotatable bonds is 4. The highest BCUT2D eigenvalue weighted by atomic mass is 19.3. The number of methoxy groups -OCH3 is 1. The Balaban J connectivity index is 1.73. The molecule has 9 nitrogen and oxygen atoms in total. The largest absolute Gasteiger partial charge is 0.586 e. The van der Waals surface area contributed by atoms with Crippen LogP contribution >= 0.6 is 0 Å². The highest BCUT2D eigenvalue weighted by molar-refractivity contribution is 5.81. The quantitative estimate of drug-likeness (QED) is 0.690. The van der Waals surface area contributed by atoms with Crippen LogP contribution in [0.3, 0.4) is 0 Å². The van der Waals surface area contributed by atoms with Crippen molar-refractivity contribution in [1.29, 1.82) is 0 Å². The molecule has 0 saturated carbocycles. The highest BCUT2D eigenvalue weighted by Gasteiger charge is 2.43. The first-order valence-electron chi connectivity index (χ1n) is 7.78. The maximum absolute atomic E-state index is 13.2. The maximum Gasteiger partial charge on any atom is 0.586 e. The van der Waals surface area contributed by atoms with Gasteiger partial charge in [0.2, 0.25) is 0 Å². The molecule has 1 aliphatic heterocycles. The van der Waals surface area contributed by atoms with Gasteiger partial charge < -0.3 is 19.5 Å². The molecule has 0 bridgehead atoms. The third-order valence-corrected chi connectivity index (χ3v) is 3.87. The number of fused-ring (bicyclic) bond motifs is 2. The molecule has 11 heteroatoms. The second-order valence-corrected chi connectivity index (χ2v) is 5.73. The van der Waals surface area contributed by atoms with E-state index in [1.807, 2.05) is 0 Å². The lowest BCUT2D eigenvalue weighted by atomic mass is 10.1. The Hall–Kier alpha value is -3.50. The van der Waals surface area contributed by atoms with Crippen LogP contribution in [0.25, 0.3) is 5.78 Å². The number of anilines is 1. The third kappa shape index (κ3) is 3.07. The smallest absolute Gasteiger partial charge is 0.467 e. The molecule has 0 radical (unpaired) electrons. The average Bonchev–Trinajstić information content (AvgIpc) is 3.20. The van der Waals surface area contributed by atoms with E-state index in [4.69, 9.17) is 4.74 Å². The molecule has 0 aliphatic carbocycles. The van der Waals surface area contributed by atoms with Crippen LogP contribution in [-0.2, 0) is 9.53 Å². The first-order valence-corrected chi connectivity index (χ1v) is 7.78. The Morgan fingerprint density at radius 2 is 2.07 bits per heavy atom. The van der Waals surface area contributed by atoms with Gasteiger partial charge >= 0.3 is 12.3 Å². The number of halogens is 2. The Kier molecular flexibility index (Phi) is 3.79. The molecule has 140 valence electrons. The van der Waals surface area contributed by atoms with Crippen LogP contribution in [0.5, 0.6) is 11.5 Å². The van der Waals surface area contributed by atoms with E-state index < -0.39 is 18.3 Å². The van der Waals surface area contributed by atoms with Crippen molar-refractivity contribution in [3.63, 3.8) is 0 Å². The van der Waals surface area contributed by atoms with E-state index in [-0.39, 0.29) is 11.5 Å². The minimum atomic E-state index is -3.75. The van der Waals surface area contributed by atoms with Gasteiger partial charge in [0.05, 0.1) is 7.11 Å². The zero-order valence-electron chi connectivity index (χ0n) is 14.1. The standard InChI is InChI=1S/C16H13F2N5O4/c1-8-5-12(23-15(21-8)19-7-20-23)22-13(14(24)25-2)9-3-4-10-11(6-9)27-16(17,18)26-10/h3-7,13,22H,1-2H3. The van der Waals surface area contributed by atoms with Gasteiger partial charge in [-0.1, -0.05) is 6.07 Å². The number of hydrogen-bond acceptors (Lipinski definition) is 8. The molecule has 1 aromatic carbocycles. The second kappa shape index (κ2) is 6.04. The average molecular weight is 377 g/mol. The number of aromatic nitrogens is 4. The summed E-state index contributed by atoms with van der Waals surface area (Å²) in [4.78, 5) is 20.6. The van der Waals surface area contributed by atoms with Gasteiger partial charge in [-0.05, 0) is 24.6 Å². The van der Waals surface area contributed by atoms with Crippen molar-refractivity contribution in [2.75, 3.05) is 12.4 Å². The van der Waals surface area contributed by atoms with Crippen LogP contribution in [0.2, 0.25) is 0 Å². The molecule has 4 rings (SSSR count). The second-order valence-electron chi connectivity index (χ2n) is 5.73. The monoisotopic (exact) mass is 377 g/mol. The zero-order valence-corrected chi connectivity index (χ0v) is 14.1. The van der Waals surface area contributed by atoms with E-state index in [2.05, 4.69) is 29.9 Å². The number of hydrogen-bond donors (Lipinski definition) is 1. The molecule has 0 amide bonds. The van der Waals surface area contributed by atoms with E-state index in [9.17, 15) is 13.6 Å². The Labute approximate surface area is 150 Å². The summed E-state index contributed by atoms with van der Waals surface area (Å²) in [6, 6.07) is 4.69. The number of benzene rings is 1. The minimum absolute atomic E-state index is 0.120. The van der Waals surface area contributed by atoms with Gasteiger partial charge in [0.25, 0.3) is 5.78 Å². The summed E-state index contributed by atoms with van der Waals surface area (Å²) >= 11 is 0. The van der Waals surface area contributed by atoms with Crippen LogP contribution in [-0.4, -0.2) is 39.0 Å². The molecule has 2 aromatic heterocycles. The normalized spacial score (nSPS) is 15.6. The van der Waals surface area contributed by atoms with Gasteiger partial charge in [0, 0.05) is 11.8 Å². The van der Waals surface area contributed by atoms with Gasteiger partial charge in [-0.15, -0.1) is 8.78 Å². The Morgan fingerprint density at radius 3 is 2.85 bits per heavy atom. The summed E-state index contributed by atoms with van der Waals surface area (Å²) in [7, 11) is 1.22. The lowest BCUT2D eigenvalue weighted by Gasteiger charge is -2.19. The number of aryl methyl sites for hydroxylation is 1. The minimum Gasteiger partial charge on any atom is -0.467 e. The number of carbonyl (C=O) groups excluding carboxylic acids is 1. The van der Waals surface area contributed by atoms with Crippen molar-refractivity contribution in [2.45, 2.75) is 19.3 Å². The van der Waals surface area contributed by atoms with Crippen LogP contribution in [0.1, 0.15) is 17.3 Å². The lowest BCUT2D eigenvalue weighted by Crippen LogP contribution is -2.26. The number of nitrogens with one attached hydrogen (secondary N) is 1. The molecule has 3 heterocycles. The summed E-state index contributed by atoms with van der Waals surface area (Å²) in [6.07, 6.45) is -2.42. The summed E-state index contributed by atoms with van der Waals surface area (Å²) in [5.41, 5.74) is 0.983. The molecule has 1 unspecified atom stereocenters. The molecule has 1 N–H and O–H groups in total. The molecule has 3 aromatic rings. The predicted octanol–water partition coefficient (Wildman–Crippen LogP) is 2.08. The van der Waals surface area contributed by atoms with Crippen molar-refractivity contribution in [3.05, 3.63) is 41.9 Å². The van der Waals surface area contributed by atoms with E-state index in [0.717, 1.165) is 0 Å². The number of carbonyl (C=O) groups is 1. The highest BCUT2D eigenvalue weighted by Crippen LogP contribution is 2.42. The summed E-state index contributed by atoms with van der Waals surface area (Å²) in [5.74, 6) is -0.168. The molecule has 0 spiro atoms. The number of alkyl halides is 2. The first-order chi connectivity index (χ1) is 12.9. The zero-order chi connectivity index (χ0) is 19.2. The third-order valence-electron chi connectivity index (χ3n) is 3.87. The molecular formula is C16H13F2N5O4. The number of esters is 1. The molecule has 1 atom stereocenters. The molecule has 27 heavy (non-hydrogen) atoms. The van der Waals surface area contributed by atoms with Gasteiger partial charge in [0.15, 0.2) is 17.5 Å². The fourth-order valence-corrected chi connectivity index (χ4v) is 2.72.